The van der Waals surface area contributed by atoms with E-state index in [1.807, 2.05) is 0 Å². The van der Waals surface area contributed by atoms with Crippen LogP contribution in [-0.4, -0.2) is 126 Å². The molecule has 0 aliphatic heterocycles. The fourth-order valence-corrected chi connectivity index (χ4v) is 19.6. The average molecular weight is 1240 g/mol. The Balaban J connectivity index is 4.38. The van der Waals surface area contributed by atoms with E-state index < -0.39 is 162 Å². The van der Waals surface area contributed by atoms with E-state index in [1.165, 1.54) is 0 Å². The van der Waals surface area contributed by atoms with Crippen molar-refractivity contribution in [3.8, 4) is 0 Å². The van der Waals surface area contributed by atoms with E-state index in [2.05, 4.69) is 0 Å². The van der Waals surface area contributed by atoms with Crippen molar-refractivity contribution in [3.63, 3.8) is 0 Å². The van der Waals surface area contributed by atoms with Crippen molar-refractivity contribution in [1.82, 2.24) is 0 Å². The molecule has 1 rings (SSSR count). The Kier molecular flexibility index (Phi) is 16.8. The first kappa shape index (κ1) is 65.3. The Labute approximate surface area is 363 Å². The van der Waals surface area contributed by atoms with Crippen LogP contribution >= 0.6 is 0 Å². The fourth-order valence-electron chi connectivity index (χ4n) is 5.67. The Morgan fingerprint density at radius 3 is 0.571 bits per heavy atom. The van der Waals surface area contributed by atoms with Crippen molar-refractivity contribution >= 4 is 22.0 Å². The van der Waals surface area contributed by atoms with Crippen molar-refractivity contribution in [1.29, 1.82) is 0 Å². The molecule has 0 aromatic heterocycles. The van der Waals surface area contributed by atoms with Crippen LogP contribution in [0.15, 0.2) is 30.3 Å². The van der Waals surface area contributed by atoms with Gasteiger partial charge in [-0.25, -0.2) is 0 Å². The fraction of sp³-hybridized carbons (Fsp3) is 0.800. The van der Waals surface area contributed by atoms with Crippen LogP contribution in [0.1, 0.15) is 19.3 Å². The molecule has 0 bridgehead atoms. The van der Waals surface area contributed by atoms with E-state index in [0.717, 1.165) is 0 Å². The summed E-state index contributed by atoms with van der Waals surface area (Å²) >= 11 is -8.12. The molecule has 0 radical (unpaired) electrons. The van der Waals surface area contributed by atoms with Gasteiger partial charge in [0.15, 0.2) is 0 Å². The molecule has 1 aromatic carbocycles. The maximum atomic E-state index is 15.0. The standard InChI is InChI=1S/3C8H4F13.C6H5.Sn/c3*1-2-3(9,10)4(11,12)5(13,14)6(15,16)7(17,18)8(19,20)21;1-2-4-6-5-3-1;/h3*1-2H2;1-5H;. The summed E-state index contributed by atoms with van der Waals surface area (Å²) in [5.41, 5.74) is 0. The number of halogens is 39. The van der Waals surface area contributed by atoms with Crippen molar-refractivity contribution in [2.24, 2.45) is 0 Å². The molecule has 40 heteroatoms. The molecule has 0 spiro atoms. The summed E-state index contributed by atoms with van der Waals surface area (Å²) in [7, 11) is 0. The van der Waals surface area contributed by atoms with Gasteiger partial charge in [-0.15, -0.1) is 0 Å². The van der Waals surface area contributed by atoms with Gasteiger partial charge in [-0.2, -0.15) is 0 Å². The molecular weight excluding hydrogens is 1220 g/mol. The van der Waals surface area contributed by atoms with Crippen LogP contribution in [0, 0.1) is 0 Å². The molecule has 1 aromatic rings. The molecule has 0 saturated carbocycles. The third kappa shape index (κ3) is 9.64. The number of rotatable bonds is 22. The maximum absolute atomic E-state index is 15.0. The van der Waals surface area contributed by atoms with Gasteiger partial charge in [0, 0.05) is 0 Å². The second kappa shape index (κ2) is 18.0. The molecule has 0 N–H and O–H groups in total. The van der Waals surface area contributed by atoms with Crippen molar-refractivity contribution in [2.45, 2.75) is 140 Å². The first-order chi connectivity index (χ1) is 30.0. The van der Waals surface area contributed by atoms with Crippen LogP contribution in [0.2, 0.25) is 13.3 Å². The van der Waals surface area contributed by atoms with Crippen LogP contribution < -0.4 is 3.58 Å². The van der Waals surface area contributed by atoms with Crippen LogP contribution in [0.25, 0.3) is 0 Å². The zero-order valence-corrected chi connectivity index (χ0v) is 34.7. The van der Waals surface area contributed by atoms with Crippen LogP contribution in [0.4, 0.5) is 171 Å². The molecule has 0 aliphatic carbocycles. The topological polar surface area (TPSA) is 0 Å². The molecule has 0 fully saturated rings. The van der Waals surface area contributed by atoms with Crippen molar-refractivity contribution < 1.29 is 171 Å². The Bertz CT molecular complexity index is 1740. The summed E-state index contributed by atoms with van der Waals surface area (Å²) in [5, 5.41) is 0. The van der Waals surface area contributed by atoms with E-state index in [0.29, 0.717) is 6.07 Å². The number of hydrogen-bond donors (Lipinski definition) is 0. The summed E-state index contributed by atoms with van der Waals surface area (Å²) in [6.07, 6.45) is -36.4. The third-order valence-corrected chi connectivity index (χ3v) is 24.9. The third-order valence-electron chi connectivity index (χ3n) is 10.1. The number of hydrogen-bond acceptors (Lipinski definition) is 0. The van der Waals surface area contributed by atoms with Crippen molar-refractivity contribution in [2.75, 3.05) is 0 Å². The van der Waals surface area contributed by atoms with Gasteiger partial charge in [0.05, 0.1) is 0 Å². The normalized spacial score (nSPS) is 16.6. The second-order valence-corrected chi connectivity index (χ2v) is 27.9. The SMILES string of the molecule is FC(F)(F)C(F)(F)C(F)(F)C(F)(F)C(F)(F)C(F)(F)C[CH2][Sn]([CH2]CC(F)(F)C(F)(F)C(F)(F)C(F)(F)C(F)(F)C(F)(F)F)([CH2]CC(F)(F)C(F)(F)C(F)(F)C(F)(F)C(F)(F)C(F)(F)F)[c]1ccccc1. The molecule has 414 valence electrons. The molecule has 0 saturated heterocycles. The summed E-state index contributed by atoms with van der Waals surface area (Å²) in [6, 6.07) is 0.493. The minimum absolute atomic E-state index is 0.148. The summed E-state index contributed by atoms with van der Waals surface area (Å²) < 4.78 is 527. The molecule has 70 heavy (non-hydrogen) atoms. The van der Waals surface area contributed by atoms with E-state index >= 15 is 0 Å². The number of benzene rings is 1. The summed E-state index contributed by atoms with van der Waals surface area (Å²) in [6.45, 7) is 0. The van der Waals surface area contributed by atoms with Crippen LogP contribution in [0.5, 0.6) is 0 Å². The predicted octanol–water partition coefficient (Wildman–Crippen LogP) is 15.7. The van der Waals surface area contributed by atoms with Gasteiger partial charge in [-0.05, 0) is 0 Å². The van der Waals surface area contributed by atoms with Crippen LogP contribution in [0.3, 0.4) is 0 Å². The van der Waals surface area contributed by atoms with Crippen molar-refractivity contribution in [3.05, 3.63) is 30.3 Å². The minimum atomic E-state index is -8.86. The second-order valence-electron chi connectivity index (χ2n) is 14.6. The van der Waals surface area contributed by atoms with E-state index in [4.69, 9.17) is 0 Å². The van der Waals surface area contributed by atoms with Gasteiger partial charge < -0.3 is 0 Å². The molecule has 0 atom stereocenters. The zero-order chi connectivity index (χ0) is 56.9. The number of alkyl halides is 39. The van der Waals surface area contributed by atoms with Gasteiger partial charge in [0.25, 0.3) is 0 Å². The summed E-state index contributed by atoms with van der Waals surface area (Å²) in [4.78, 5) is 0. The first-order valence-corrected chi connectivity index (χ1v) is 24.4. The molecule has 0 amide bonds. The van der Waals surface area contributed by atoms with Crippen LogP contribution in [-0.2, 0) is 0 Å². The summed E-state index contributed by atoms with van der Waals surface area (Å²) in [5.74, 6) is -127. The van der Waals surface area contributed by atoms with Gasteiger partial charge >= 0.3 is 363 Å². The Morgan fingerprint density at radius 1 is 0.229 bits per heavy atom. The monoisotopic (exact) mass is 1240 g/mol. The Hall–Kier alpha value is -2.71. The quantitative estimate of drug-likeness (QED) is 0.0802. The molecule has 0 unspecified atom stereocenters. The van der Waals surface area contributed by atoms with E-state index in [9.17, 15) is 171 Å². The molecule has 0 heterocycles. The predicted molar refractivity (Wildman–Crippen MR) is 152 cm³/mol. The van der Waals surface area contributed by atoms with Gasteiger partial charge in [0.1, 0.15) is 0 Å². The van der Waals surface area contributed by atoms with E-state index in [-0.39, 0.29) is 24.3 Å². The molecular formula is C30H17F39Sn. The van der Waals surface area contributed by atoms with E-state index in [1.54, 1.807) is 0 Å². The average Bonchev–Trinajstić information content (AvgIpc) is 3.15. The molecule has 0 nitrogen and oxygen atoms in total. The van der Waals surface area contributed by atoms with Gasteiger partial charge in [-0.3, -0.25) is 0 Å². The Morgan fingerprint density at radius 2 is 0.400 bits per heavy atom. The molecule has 0 aliphatic rings. The van der Waals surface area contributed by atoms with Gasteiger partial charge in [0.2, 0.25) is 0 Å². The zero-order valence-electron chi connectivity index (χ0n) is 31.9. The van der Waals surface area contributed by atoms with Gasteiger partial charge in [-0.1, -0.05) is 0 Å². The first-order valence-electron chi connectivity index (χ1n) is 16.9.